The summed E-state index contributed by atoms with van der Waals surface area (Å²) in [5.41, 5.74) is 0. The van der Waals surface area contributed by atoms with Crippen LogP contribution in [0, 0.1) is 29.6 Å². The Labute approximate surface area is 106 Å². The summed E-state index contributed by atoms with van der Waals surface area (Å²) in [7, 11) is 0. The van der Waals surface area contributed by atoms with Crippen molar-refractivity contribution in [2.24, 2.45) is 29.6 Å². The molecular formula is C14H19NO3. The first-order valence-corrected chi connectivity index (χ1v) is 6.85. The summed E-state index contributed by atoms with van der Waals surface area (Å²) >= 11 is 0. The topological polar surface area (TPSA) is 66.4 Å². The highest BCUT2D eigenvalue weighted by Gasteiger charge is 2.51. The Bertz CT molecular complexity index is 400. The second-order valence-electron chi connectivity index (χ2n) is 5.88. The quantitative estimate of drug-likeness (QED) is 0.741. The van der Waals surface area contributed by atoms with Gasteiger partial charge in [0.15, 0.2) is 0 Å². The minimum atomic E-state index is -0.823. The van der Waals surface area contributed by atoms with Gasteiger partial charge in [-0.3, -0.25) is 9.59 Å². The molecule has 3 aliphatic rings. The van der Waals surface area contributed by atoms with Crippen LogP contribution in [0.3, 0.4) is 0 Å². The zero-order valence-electron chi connectivity index (χ0n) is 10.3. The van der Waals surface area contributed by atoms with Crippen LogP contribution in [-0.2, 0) is 9.59 Å². The first-order chi connectivity index (χ1) is 8.66. The predicted octanol–water partition coefficient (Wildman–Crippen LogP) is 1.43. The molecule has 4 nitrogen and oxygen atoms in total. The molecular weight excluding hydrogens is 230 g/mol. The van der Waals surface area contributed by atoms with E-state index in [0.29, 0.717) is 5.92 Å². The van der Waals surface area contributed by atoms with E-state index in [0.717, 1.165) is 13.0 Å². The van der Waals surface area contributed by atoms with Gasteiger partial charge in [-0.15, -0.1) is 0 Å². The van der Waals surface area contributed by atoms with E-state index >= 15 is 0 Å². The maximum atomic E-state index is 12.2. The second kappa shape index (κ2) is 4.41. The van der Waals surface area contributed by atoms with Crippen LogP contribution in [0.4, 0.5) is 0 Å². The van der Waals surface area contributed by atoms with Crippen molar-refractivity contribution in [3.05, 3.63) is 12.2 Å². The molecule has 0 spiro atoms. The lowest BCUT2D eigenvalue weighted by Gasteiger charge is -2.28. The number of hydrogen-bond donors (Lipinski definition) is 2. The van der Waals surface area contributed by atoms with E-state index in [1.807, 2.05) is 12.2 Å². The van der Waals surface area contributed by atoms with E-state index in [4.69, 9.17) is 0 Å². The lowest BCUT2D eigenvalue weighted by atomic mass is 9.81. The Morgan fingerprint density at radius 1 is 1.17 bits per heavy atom. The molecule has 98 valence electrons. The summed E-state index contributed by atoms with van der Waals surface area (Å²) < 4.78 is 0. The number of carbonyl (C=O) groups excluding carboxylic acids is 1. The minimum absolute atomic E-state index is 0.0499. The van der Waals surface area contributed by atoms with Gasteiger partial charge in [-0.05, 0) is 37.0 Å². The number of allylic oxidation sites excluding steroid dienone is 2. The van der Waals surface area contributed by atoms with Gasteiger partial charge in [-0.2, -0.15) is 0 Å². The number of carboxylic acids is 1. The minimum Gasteiger partial charge on any atom is -0.481 e. The fourth-order valence-corrected chi connectivity index (χ4v) is 3.58. The summed E-state index contributed by atoms with van der Waals surface area (Å²) in [5.74, 6) is -0.920. The van der Waals surface area contributed by atoms with Crippen LogP contribution < -0.4 is 5.32 Å². The highest BCUT2D eigenvalue weighted by atomic mass is 16.4. The number of amides is 1. The van der Waals surface area contributed by atoms with Gasteiger partial charge >= 0.3 is 5.97 Å². The third kappa shape index (κ3) is 1.84. The van der Waals surface area contributed by atoms with Crippen molar-refractivity contribution < 1.29 is 14.7 Å². The number of rotatable bonds is 4. The fraction of sp³-hybridized carbons (Fsp3) is 0.714. The van der Waals surface area contributed by atoms with Crippen molar-refractivity contribution >= 4 is 11.9 Å². The largest absolute Gasteiger partial charge is 0.481 e. The number of carboxylic acid groups (broad SMARTS) is 1. The molecule has 18 heavy (non-hydrogen) atoms. The first-order valence-electron chi connectivity index (χ1n) is 6.85. The summed E-state index contributed by atoms with van der Waals surface area (Å²) in [6.07, 6.45) is 8.48. The maximum Gasteiger partial charge on any atom is 0.307 e. The van der Waals surface area contributed by atoms with Crippen molar-refractivity contribution in [1.29, 1.82) is 0 Å². The van der Waals surface area contributed by atoms with Gasteiger partial charge in [-0.25, -0.2) is 0 Å². The molecule has 0 heterocycles. The molecule has 4 unspecified atom stereocenters. The lowest BCUT2D eigenvalue weighted by Crippen LogP contribution is -2.42. The third-order valence-electron chi connectivity index (χ3n) is 4.84. The molecule has 0 aromatic heterocycles. The van der Waals surface area contributed by atoms with Crippen molar-refractivity contribution in [3.63, 3.8) is 0 Å². The van der Waals surface area contributed by atoms with E-state index in [1.54, 1.807) is 0 Å². The number of nitrogens with one attached hydrogen (secondary N) is 1. The van der Waals surface area contributed by atoms with Crippen LogP contribution in [0.25, 0.3) is 0 Å². The van der Waals surface area contributed by atoms with Crippen LogP contribution >= 0.6 is 0 Å². The number of aliphatic carboxylic acids is 1. The van der Waals surface area contributed by atoms with Crippen molar-refractivity contribution in [3.8, 4) is 0 Å². The summed E-state index contributed by atoms with van der Waals surface area (Å²) in [4.78, 5) is 23.5. The molecule has 0 aromatic carbocycles. The summed E-state index contributed by atoms with van der Waals surface area (Å²) in [6, 6.07) is 0. The average molecular weight is 249 g/mol. The van der Waals surface area contributed by atoms with Gasteiger partial charge in [0, 0.05) is 6.54 Å². The molecule has 1 amide bonds. The number of hydrogen-bond acceptors (Lipinski definition) is 2. The summed E-state index contributed by atoms with van der Waals surface area (Å²) in [6.45, 7) is 0.725. The number of carbonyl (C=O) groups is 2. The molecule has 4 heteroatoms. The van der Waals surface area contributed by atoms with Gasteiger partial charge < -0.3 is 10.4 Å². The highest BCUT2D eigenvalue weighted by Crippen LogP contribution is 2.48. The maximum absolute atomic E-state index is 12.2. The van der Waals surface area contributed by atoms with Gasteiger partial charge in [0.1, 0.15) is 0 Å². The molecule has 3 rings (SSSR count). The SMILES string of the molecule is O=C(O)C1C2C=CC(C2)C1C(=O)NCC1CCC1. The van der Waals surface area contributed by atoms with E-state index in [2.05, 4.69) is 5.32 Å². The van der Waals surface area contributed by atoms with Crippen LogP contribution in [0.15, 0.2) is 12.2 Å². The fourth-order valence-electron chi connectivity index (χ4n) is 3.58. The Hall–Kier alpha value is -1.32. The van der Waals surface area contributed by atoms with Gasteiger partial charge in [0.05, 0.1) is 11.8 Å². The Balaban J connectivity index is 1.64. The summed E-state index contributed by atoms with van der Waals surface area (Å²) in [5, 5.41) is 12.2. The normalized spacial score (nSPS) is 37.6. The van der Waals surface area contributed by atoms with E-state index in [1.165, 1.54) is 19.3 Å². The molecule has 0 radical (unpaired) electrons. The monoisotopic (exact) mass is 249 g/mol. The standard InChI is InChI=1S/C14H19NO3/c16-13(15-7-8-2-1-3-8)11-9-4-5-10(6-9)12(11)14(17)18/h4-5,8-12H,1-3,6-7H2,(H,15,16)(H,17,18). The molecule has 0 aliphatic heterocycles. The Morgan fingerprint density at radius 3 is 2.39 bits per heavy atom. The highest BCUT2D eigenvalue weighted by molar-refractivity contribution is 5.86. The first kappa shape index (κ1) is 11.8. The molecule has 0 aromatic rings. The van der Waals surface area contributed by atoms with E-state index in [9.17, 15) is 14.7 Å². The molecule has 2 bridgehead atoms. The second-order valence-corrected chi connectivity index (χ2v) is 5.88. The molecule has 2 fully saturated rings. The van der Waals surface area contributed by atoms with Gasteiger partial charge in [0.25, 0.3) is 0 Å². The lowest BCUT2D eigenvalue weighted by molar-refractivity contribution is -0.147. The zero-order chi connectivity index (χ0) is 12.7. The van der Waals surface area contributed by atoms with Crippen molar-refractivity contribution in [1.82, 2.24) is 5.32 Å². The molecule has 3 aliphatic carbocycles. The molecule has 2 N–H and O–H groups in total. The molecule has 0 saturated heterocycles. The molecule has 2 saturated carbocycles. The van der Waals surface area contributed by atoms with E-state index in [-0.39, 0.29) is 23.7 Å². The van der Waals surface area contributed by atoms with Crippen LogP contribution in [0.2, 0.25) is 0 Å². The third-order valence-corrected chi connectivity index (χ3v) is 4.84. The van der Waals surface area contributed by atoms with Crippen molar-refractivity contribution in [2.75, 3.05) is 6.54 Å². The average Bonchev–Trinajstić information content (AvgIpc) is 2.85. The zero-order valence-corrected chi connectivity index (χ0v) is 10.3. The van der Waals surface area contributed by atoms with Crippen LogP contribution in [-0.4, -0.2) is 23.5 Å². The van der Waals surface area contributed by atoms with Crippen LogP contribution in [0.5, 0.6) is 0 Å². The van der Waals surface area contributed by atoms with E-state index < -0.39 is 11.9 Å². The smallest absolute Gasteiger partial charge is 0.307 e. The molecule has 4 atom stereocenters. The van der Waals surface area contributed by atoms with Crippen LogP contribution in [0.1, 0.15) is 25.7 Å². The predicted molar refractivity (Wildman–Crippen MR) is 65.7 cm³/mol. The van der Waals surface area contributed by atoms with Gasteiger partial charge in [0.2, 0.25) is 5.91 Å². The Morgan fingerprint density at radius 2 is 1.83 bits per heavy atom. The van der Waals surface area contributed by atoms with Crippen molar-refractivity contribution in [2.45, 2.75) is 25.7 Å². The Kier molecular flexibility index (Phi) is 2.88. The number of fused-ring (bicyclic) bond motifs is 2. The van der Waals surface area contributed by atoms with Gasteiger partial charge in [-0.1, -0.05) is 18.6 Å².